The van der Waals surface area contributed by atoms with Gasteiger partial charge in [-0.15, -0.1) is 0 Å². The second kappa shape index (κ2) is 10.1. The van der Waals surface area contributed by atoms with Crippen LogP contribution in [0.5, 0.6) is 0 Å². The van der Waals surface area contributed by atoms with Gasteiger partial charge in [-0.05, 0) is 43.2 Å². The van der Waals surface area contributed by atoms with E-state index in [1.54, 1.807) is 18.2 Å². The largest absolute Gasteiger partial charge is 0.352 e. The smallest absolute Gasteiger partial charge is 0.254 e. The highest BCUT2D eigenvalue weighted by Gasteiger charge is 2.27. The van der Waals surface area contributed by atoms with Gasteiger partial charge in [0.05, 0.1) is 16.8 Å². The molecule has 9 heteroatoms. The van der Waals surface area contributed by atoms with Crippen molar-refractivity contribution in [2.75, 3.05) is 31.1 Å². The number of aromatic nitrogens is 4. The molecule has 3 heterocycles. The minimum atomic E-state index is -0.0690. The van der Waals surface area contributed by atoms with E-state index in [4.69, 9.17) is 38.3 Å². The summed E-state index contributed by atoms with van der Waals surface area (Å²) in [5.74, 6) is 2.04. The average Bonchev–Trinajstić information content (AvgIpc) is 3.19. The quantitative estimate of drug-likeness (QED) is 0.341. The van der Waals surface area contributed by atoms with Crippen LogP contribution in [0, 0.1) is 12.8 Å². The van der Waals surface area contributed by atoms with Crippen molar-refractivity contribution in [2.45, 2.75) is 27.2 Å². The number of nitrogens with zero attached hydrogens (tertiary/aromatic N) is 6. The molecule has 0 saturated carbocycles. The summed E-state index contributed by atoms with van der Waals surface area (Å²) >= 11 is 12.2. The summed E-state index contributed by atoms with van der Waals surface area (Å²) < 4.78 is 1.91. The highest BCUT2D eigenvalue weighted by atomic mass is 35.5. The Balaban J connectivity index is 1.47. The first-order chi connectivity index (χ1) is 17.3. The van der Waals surface area contributed by atoms with Gasteiger partial charge in [-0.1, -0.05) is 55.2 Å². The van der Waals surface area contributed by atoms with Crippen LogP contribution in [0.1, 0.15) is 35.7 Å². The molecule has 2 aromatic carbocycles. The van der Waals surface area contributed by atoms with Crippen LogP contribution in [-0.2, 0) is 6.42 Å². The number of benzene rings is 2. The van der Waals surface area contributed by atoms with Crippen LogP contribution >= 0.6 is 23.2 Å². The number of para-hydroxylation sites is 1. The fraction of sp³-hybridized carbons (Fsp3) is 0.333. The molecule has 5 rings (SSSR count). The van der Waals surface area contributed by atoms with Gasteiger partial charge in [-0.2, -0.15) is 5.10 Å². The van der Waals surface area contributed by atoms with Crippen LogP contribution in [0.25, 0.3) is 16.7 Å². The molecule has 0 aliphatic carbocycles. The average molecular weight is 523 g/mol. The highest BCUT2D eigenvalue weighted by molar-refractivity contribution is 6.35. The van der Waals surface area contributed by atoms with Crippen LogP contribution < -0.4 is 4.90 Å². The number of piperazine rings is 1. The molecule has 1 aliphatic rings. The Morgan fingerprint density at radius 2 is 1.64 bits per heavy atom. The summed E-state index contributed by atoms with van der Waals surface area (Å²) in [6.45, 7) is 8.78. The second-order valence-electron chi connectivity index (χ2n) is 9.53. The Morgan fingerprint density at radius 3 is 2.28 bits per heavy atom. The van der Waals surface area contributed by atoms with Crippen molar-refractivity contribution in [2.24, 2.45) is 5.92 Å². The Kier molecular flexibility index (Phi) is 6.86. The zero-order valence-corrected chi connectivity index (χ0v) is 22.1. The van der Waals surface area contributed by atoms with E-state index in [2.05, 4.69) is 18.7 Å². The molecule has 7 nitrogen and oxygen atoms in total. The van der Waals surface area contributed by atoms with Crippen LogP contribution in [-0.4, -0.2) is 56.7 Å². The first-order valence-corrected chi connectivity index (χ1v) is 12.9. The highest BCUT2D eigenvalue weighted by Crippen LogP contribution is 2.30. The predicted molar refractivity (Wildman–Crippen MR) is 145 cm³/mol. The Bertz CT molecular complexity index is 1390. The fourth-order valence-electron chi connectivity index (χ4n) is 4.62. The van der Waals surface area contributed by atoms with Crippen molar-refractivity contribution < 1.29 is 4.79 Å². The minimum Gasteiger partial charge on any atom is -0.352 e. The maximum Gasteiger partial charge on any atom is 0.254 e. The van der Waals surface area contributed by atoms with Gasteiger partial charge in [0.1, 0.15) is 11.6 Å². The third-order valence-corrected chi connectivity index (χ3v) is 6.73. The third kappa shape index (κ3) is 4.90. The lowest BCUT2D eigenvalue weighted by atomic mass is 10.1. The maximum atomic E-state index is 13.1. The molecule has 0 radical (unpaired) electrons. The zero-order valence-electron chi connectivity index (χ0n) is 20.6. The second-order valence-corrected chi connectivity index (χ2v) is 10.4. The predicted octanol–water partition coefficient (Wildman–Crippen LogP) is 5.59. The molecular weight excluding hydrogens is 495 g/mol. The Hall–Kier alpha value is -3.16. The molecule has 0 unspecified atom stereocenters. The first-order valence-electron chi connectivity index (χ1n) is 12.1. The lowest BCUT2D eigenvalue weighted by Gasteiger charge is -2.36. The number of halogens is 2. The normalized spacial score (nSPS) is 14.2. The zero-order chi connectivity index (χ0) is 25.4. The molecule has 36 heavy (non-hydrogen) atoms. The number of aryl methyl sites for hydroxylation is 1. The summed E-state index contributed by atoms with van der Waals surface area (Å²) in [5, 5.41) is 6.69. The molecule has 186 valence electrons. The van der Waals surface area contributed by atoms with E-state index in [1.165, 1.54) is 0 Å². The van der Waals surface area contributed by atoms with Gasteiger partial charge in [-0.25, -0.2) is 14.6 Å². The van der Waals surface area contributed by atoms with Gasteiger partial charge < -0.3 is 9.80 Å². The van der Waals surface area contributed by atoms with Crippen molar-refractivity contribution >= 4 is 46.0 Å². The van der Waals surface area contributed by atoms with Gasteiger partial charge >= 0.3 is 0 Å². The number of hydrogen-bond acceptors (Lipinski definition) is 5. The SMILES string of the molecule is Cc1nn(-c2ccccc2)c2nc(CC(C)C)nc(N3CCN(C(=O)c4cc(Cl)cc(Cl)c4)CC3)c12. The molecule has 0 atom stereocenters. The minimum absolute atomic E-state index is 0.0690. The van der Waals surface area contributed by atoms with E-state index in [9.17, 15) is 4.79 Å². The van der Waals surface area contributed by atoms with Crippen LogP contribution in [0.4, 0.5) is 5.82 Å². The number of hydrogen-bond donors (Lipinski definition) is 0. The fourth-order valence-corrected chi connectivity index (χ4v) is 5.15. The number of carbonyl (C=O) groups is 1. The van der Waals surface area contributed by atoms with Gasteiger partial charge in [0.2, 0.25) is 0 Å². The number of anilines is 1. The molecule has 2 aromatic heterocycles. The lowest BCUT2D eigenvalue weighted by molar-refractivity contribution is 0.0746. The van der Waals surface area contributed by atoms with Crippen LogP contribution in [0.15, 0.2) is 48.5 Å². The van der Waals surface area contributed by atoms with Gasteiger partial charge in [0.15, 0.2) is 5.65 Å². The van der Waals surface area contributed by atoms with E-state index in [1.807, 2.05) is 46.8 Å². The molecule has 1 aliphatic heterocycles. The molecule has 0 spiro atoms. The number of rotatable bonds is 5. The van der Waals surface area contributed by atoms with E-state index in [-0.39, 0.29) is 5.91 Å². The summed E-state index contributed by atoms with van der Waals surface area (Å²) in [7, 11) is 0. The van der Waals surface area contributed by atoms with Crippen LogP contribution in [0.2, 0.25) is 10.0 Å². The standard InChI is InChI=1S/C27H28Cl2N6O/c1-17(2)13-23-30-25(24-18(3)32-35(26(24)31-23)22-7-5-4-6-8-22)33-9-11-34(12-10-33)27(36)19-14-20(28)16-21(29)15-19/h4-8,14-17H,9-13H2,1-3H3. The molecule has 0 N–H and O–H groups in total. The maximum absolute atomic E-state index is 13.1. The van der Waals surface area contributed by atoms with Crippen molar-refractivity contribution in [3.8, 4) is 5.69 Å². The monoisotopic (exact) mass is 522 g/mol. The van der Waals surface area contributed by atoms with Gasteiger partial charge in [0, 0.05) is 48.2 Å². The third-order valence-electron chi connectivity index (χ3n) is 6.30. The summed E-state index contributed by atoms with van der Waals surface area (Å²) in [6.07, 6.45) is 0.774. The van der Waals surface area contributed by atoms with E-state index in [0.29, 0.717) is 47.7 Å². The summed E-state index contributed by atoms with van der Waals surface area (Å²) in [4.78, 5) is 27.1. The van der Waals surface area contributed by atoms with Crippen molar-refractivity contribution in [3.63, 3.8) is 0 Å². The summed E-state index contributed by atoms with van der Waals surface area (Å²) in [6, 6.07) is 15.0. The number of carbonyl (C=O) groups excluding carboxylic acids is 1. The molecule has 1 saturated heterocycles. The first kappa shape index (κ1) is 24.5. The topological polar surface area (TPSA) is 67.2 Å². The van der Waals surface area contributed by atoms with E-state index < -0.39 is 0 Å². The number of fused-ring (bicyclic) bond motifs is 1. The molecule has 4 aromatic rings. The van der Waals surface area contributed by atoms with E-state index >= 15 is 0 Å². The van der Waals surface area contributed by atoms with Gasteiger partial charge in [0.25, 0.3) is 5.91 Å². The lowest BCUT2D eigenvalue weighted by Crippen LogP contribution is -2.49. The number of amides is 1. The van der Waals surface area contributed by atoms with Gasteiger partial charge in [-0.3, -0.25) is 4.79 Å². The molecular formula is C27H28Cl2N6O. The molecule has 0 bridgehead atoms. The Morgan fingerprint density at radius 1 is 0.972 bits per heavy atom. The van der Waals surface area contributed by atoms with Crippen molar-refractivity contribution in [3.05, 3.63) is 75.7 Å². The van der Waals surface area contributed by atoms with Crippen LogP contribution in [0.3, 0.4) is 0 Å². The van der Waals surface area contributed by atoms with Crippen molar-refractivity contribution in [1.29, 1.82) is 0 Å². The molecule has 1 fully saturated rings. The summed E-state index contributed by atoms with van der Waals surface area (Å²) in [5.41, 5.74) is 3.16. The molecule has 1 amide bonds. The Labute approximate surface area is 220 Å². The van der Waals surface area contributed by atoms with E-state index in [0.717, 1.165) is 40.5 Å². The van der Waals surface area contributed by atoms with Crippen molar-refractivity contribution in [1.82, 2.24) is 24.6 Å².